The number of methoxy groups -OCH3 is 1. The van der Waals surface area contributed by atoms with Crippen molar-refractivity contribution in [1.29, 1.82) is 0 Å². The molecule has 2 aromatic rings. The van der Waals surface area contributed by atoms with Gasteiger partial charge in [0.1, 0.15) is 5.82 Å². The predicted octanol–water partition coefficient (Wildman–Crippen LogP) is 4.13. The van der Waals surface area contributed by atoms with Gasteiger partial charge >= 0.3 is 11.9 Å². The van der Waals surface area contributed by atoms with Crippen LogP contribution in [0.1, 0.15) is 58.4 Å². The smallest absolute Gasteiger partial charge is 0.339 e. The fraction of sp³-hybridized carbons (Fsp3) is 0.375. The fourth-order valence-corrected chi connectivity index (χ4v) is 3.84. The molecule has 1 fully saturated rings. The summed E-state index contributed by atoms with van der Waals surface area (Å²) in [5, 5.41) is 0. The Hall–Kier alpha value is -3.22. The molecular weight excluding hydrogens is 401 g/mol. The number of esters is 2. The minimum absolute atomic E-state index is 0.0462. The van der Waals surface area contributed by atoms with Gasteiger partial charge in [-0.3, -0.25) is 4.79 Å². The molecule has 0 bridgehead atoms. The minimum Gasteiger partial charge on any atom is -0.465 e. The molecule has 6 nitrogen and oxygen atoms in total. The second-order valence-electron chi connectivity index (χ2n) is 7.55. The van der Waals surface area contributed by atoms with Gasteiger partial charge in [-0.25, -0.2) is 14.0 Å². The third-order valence-electron chi connectivity index (χ3n) is 5.48. The highest BCUT2D eigenvalue weighted by atomic mass is 19.1. The van der Waals surface area contributed by atoms with Gasteiger partial charge in [0.2, 0.25) is 0 Å². The van der Waals surface area contributed by atoms with Gasteiger partial charge in [0.05, 0.1) is 18.2 Å². The maximum absolute atomic E-state index is 13.3. The molecule has 2 aromatic carbocycles. The van der Waals surface area contributed by atoms with Crippen molar-refractivity contribution in [1.82, 2.24) is 4.90 Å². The molecule has 164 valence electrons. The van der Waals surface area contributed by atoms with Crippen molar-refractivity contribution < 1.29 is 28.2 Å². The maximum Gasteiger partial charge on any atom is 0.339 e. The van der Waals surface area contributed by atoms with Crippen LogP contribution in [-0.4, -0.2) is 42.5 Å². The van der Waals surface area contributed by atoms with E-state index in [2.05, 4.69) is 0 Å². The van der Waals surface area contributed by atoms with Gasteiger partial charge < -0.3 is 14.4 Å². The second kappa shape index (κ2) is 10.7. The molecule has 1 aliphatic rings. The lowest BCUT2D eigenvalue weighted by Crippen LogP contribution is -2.43. The number of hydrogen-bond donors (Lipinski definition) is 0. The molecule has 1 aliphatic carbocycles. The van der Waals surface area contributed by atoms with E-state index in [1.165, 1.54) is 31.4 Å². The van der Waals surface area contributed by atoms with Gasteiger partial charge in [-0.1, -0.05) is 43.5 Å². The van der Waals surface area contributed by atoms with E-state index in [-0.39, 0.29) is 28.9 Å². The number of rotatable bonds is 7. The zero-order valence-corrected chi connectivity index (χ0v) is 17.5. The van der Waals surface area contributed by atoms with Crippen molar-refractivity contribution >= 4 is 17.8 Å². The topological polar surface area (TPSA) is 72.9 Å². The van der Waals surface area contributed by atoms with Crippen LogP contribution < -0.4 is 0 Å². The number of halogens is 1. The molecule has 0 saturated heterocycles. The zero-order valence-electron chi connectivity index (χ0n) is 17.5. The van der Waals surface area contributed by atoms with Gasteiger partial charge in [-0.15, -0.1) is 0 Å². The Kier molecular flexibility index (Phi) is 7.76. The van der Waals surface area contributed by atoms with E-state index in [0.717, 1.165) is 37.7 Å². The predicted molar refractivity (Wildman–Crippen MR) is 112 cm³/mol. The molecular formula is C24H26FNO5. The Morgan fingerprint density at radius 3 is 2.16 bits per heavy atom. The highest BCUT2D eigenvalue weighted by Gasteiger charge is 2.27. The average Bonchev–Trinajstić information content (AvgIpc) is 2.82. The molecule has 0 N–H and O–H groups in total. The van der Waals surface area contributed by atoms with Crippen LogP contribution >= 0.6 is 0 Å². The first kappa shape index (κ1) is 22.5. The van der Waals surface area contributed by atoms with Crippen LogP contribution in [-0.2, 0) is 20.8 Å². The van der Waals surface area contributed by atoms with Gasteiger partial charge in [-0.2, -0.15) is 0 Å². The van der Waals surface area contributed by atoms with E-state index in [1.54, 1.807) is 29.2 Å². The van der Waals surface area contributed by atoms with Crippen LogP contribution in [0, 0.1) is 5.82 Å². The molecule has 1 amide bonds. The van der Waals surface area contributed by atoms with Crippen molar-refractivity contribution in [3.8, 4) is 0 Å². The molecule has 0 spiro atoms. The summed E-state index contributed by atoms with van der Waals surface area (Å²) in [6, 6.07) is 12.2. The summed E-state index contributed by atoms with van der Waals surface area (Å²) in [5.74, 6) is -2.07. The Morgan fingerprint density at radius 1 is 0.935 bits per heavy atom. The van der Waals surface area contributed by atoms with E-state index >= 15 is 0 Å². The molecule has 7 heteroatoms. The lowest BCUT2D eigenvalue weighted by molar-refractivity contribution is -0.138. The van der Waals surface area contributed by atoms with E-state index in [9.17, 15) is 18.8 Å². The molecule has 0 atom stereocenters. The average molecular weight is 427 g/mol. The summed E-state index contributed by atoms with van der Waals surface area (Å²) in [7, 11) is 1.23. The quantitative estimate of drug-likeness (QED) is 0.621. The van der Waals surface area contributed by atoms with Crippen LogP contribution in [0.3, 0.4) is 0 Å². The Labute approximate surface area is 180 Å². The number of benzene rings is 2. The maximum atomic E-state index is 13.3. The van der Waals surface area contributed by atoms with Crippen molar-refractivity contribution in [2.45, 2.75) is 44.7 Å². The Morgan fingerprint density at radius 2 is 1.55 bits per heavy atom. The molecule has 31 heavy (non-hydrogen) atoms. The minimum atomic E-state index is -0.764. The lowest BCUT2D eigenvalue weighted by atomic mass is 9.93. The summed E-state index contributed by atoms with van der Waals surface area (Å²) < 4.78 is 23.2. The van der Waals surface area contributed by atoms with Crippen molar-refractivity contribution in [3.05, 3.63) is 71.0 Å². The standard InChI is InChI=1S/C24H26FNO5/c1-30-23(28)20-9-5-6-10-21(20)24(29)31-16-22(27)26(19-7-3-2-4-8-19)15-17-11-13-18(25)14-12-17/h5-6,9-14,19H,2-4,7-8,15-16H2,1H3. The lowest BCUT2D eigenvalue weighted by Gasteiger charge is -2.34. The molecule has 0 heterocycles. The highest BCUT2D eigenvalue weighted by molar-refractivity contribution is 6.03. The third kappa shape index (κ3) is 5.90. The van der Waals surface area contributed by atoms with Crippen LogP contribution in [0.5, 0.6) is 0 Å². The summed E-state index contributed by atoms with van der Waals surface area (Å²) in [6.45, 7) is -0.119. The molecule has 3 rings (SSSR count). The summed E-state index contributed by atoms with van der Waals surface area (Å²) in [6.07, 6.45) is 4.96. The van der Waals surface area contributed by atoms with Gasteiger partial charge in [-0.05, 0) is 42.7 Å². The van der Waals surface area contributed by atoms with Crippen molar-refractivity contribution in [3.63, 3.8) is 0 Å². The molecule has 0 unspecified atom stereocenters. The number of carbonyl (C=O) groups excluding carboxylic acids is 3. The highest BCUT2D eigenvalue weighted by Crippen LogP contribution is 2.24. The van der Waals surface area contributed by atoms with Gasteiger partial charge in [0, 0.05) is 12.6 Å². The number of carbonyl (C=O) groups is 3. The van der Waals surface area contributed by atoms with Crippen molar-refractivity contribution in [2.24, 2.45) is 0 Å². The van der Waals surface area contributed by atoms with E-state index in [4.69, 9.17) is 9.47 Å². The van der Waals surface area contributed by atoms with E-state index < -0.39 is 18.5 Å². The zero-order chi connectivity index (χ0) is 22.2. The number of amides is 1. The van der Waals surface area contributed by atoms with Gasteiger partial charge in [0.15, 0.2) is 6.61 Å². The first-order valence-corrected chi connectivity index (χ1v) is 10.4. The van der Waals surface area contributed by atoms with E-state index in [0.29, 0.717) is 6.54 Å². The van der Waals surface area contributed by atoms with Crippen molar-refractivity contribution in [2.75, 3.05) is 13.7 Å². The summed E-state index contributed by atoms with van der Waals surface area (Å²) in [4.78, 5) is 39.2. The Balaban J connectivity index is 1.70. The van der Waals surface area contributed by atoms with Gasteiger partial charge in [0.25, 0.3) is 5.91 Å². The SMILES string of the molecule is COC(=O)c1ccccc1C(=O)OCC(=O)N(Cc1ccc(F)cc1)C1CCCCC1. The first-order chi connectivity index (χ1) is 15.0. The Bertz CT molecular complexity index is 922. The molecule has 0 aromatic heterocycles. The first-order valence-electron chi connectivity index (χ1n) is 10.4. The monoisotopic (exact) mass is 427 g/mol. The van der Waals surface area contributed by atoms with Crippen LogP contribution in [0.2, 0.25) is 0 Å². The fourth-order valence-electron chi connectivity index (χ4n) is 3.84. The molecule has 0 aliphatic heterocycles. The number of hydrogen-bond acceptors (Lipinski definition) is 5. The summed E-state index contributed by atoms with van der Waals surface area (Å²) >= 11 is 0. The number of ether oxygens (including phenoxy) is 2. The van der Waals surface area contributed by atoms with Crippen LogP contribution in [0.25, 0.3) is 0 Å². The molecule has 1 saturated carbocycles. The van der Waals surface area contributed by atoms with Crippen LogP contribution in [0.4, 0.5) is 4.39 Å². The second-order valence-corrected chi connectivity index (χ2v) is 7.55. The molecule has 0 radical (unpaired) electrons. The third-order valence-corrected chi connectivity index (χ3v) is 5.48. The largest absolute Gasteiger partial charge is 0.465 e. The van der Waals surface area contributed by atoms with Crippen LogP contribution in [0.15, 0.2) is 48.5 Å². The normalized spacial score (nSPS) is 14.0. The number of nitrogens with zero attached hydrogens (tertiary/aromatic N) is 1. The summed E-state index contributed by atoms with van der Waals surface area (Å²) in [5.41, 5.74) is 0.936. The van der Waals surface area contributed by atoms with E-state index in [1.807, 2.05) is 0 Å².